The molecule has 0 aliphatic heterocycles. The Bertz CT molecular complexity index is 844. The maximum absolute atomic E-state index is 12.1. The van der Waals surface area contributed by atoms with Crippen molar-refractivity contribution in [2.24, 2.45) is 5.10 Å². The number of carbonyl (C=O) groups excluding carboxylic acids is 1. The molecule has 0 unspecified atom stereocenters. The summed E-state index contributed by atoms with van der Waals surface area (Å²) in [5.74, 6) is 1.19. The lowest BCUT2D eigenvalue weighted by Gasteiger charge is -2.14. The second-order valence-corrected chi connectivity index (χ2v) is 6.60. The quantitative estimate of drug-likeness (QED) is 0.575. The van der Waals surface area contributed by atoms with Crippen molar-refractivity contribution in [2.45, 2.75) is 33.6 Å². The molecule has 0 fully saturated rings. The molecule has 6 nitrogen and oxygen atoms in total. The van der Waals surface area contributed by atoms with Crippen LogP contribution in [0.1, 0.15) is 43.4 Å². The highest BCUT2D eigenvalue weighted by Gasteiger charge is 2.11. The summed E-state index contributed by atoms with van der Waals surface area (Å²) in [5.41, 5.74) is 5.56. The fourth-order valence-electron chi connectivity index (χ4n) is 2.57. The Balaban J connectivity index is 2.00. The fraction of sp³-hybridized carbons (Fsp3) is 0.333. The minimum atomic E-state index is -0.376. The summed E-state index contributed by atoms with van der Waals surface area (Å²) in [6.45, 7) is 7.68. The topological polar surface area (TPSA) is 80.2 Å². The molecule has 0 saturated carbocycles. The van der Waals surface area contributed by atoms with Gasteiger partial charge in [0.1, 0.15) is 17.2 Å². The molecule has 0 saturated heterocycles. The lowest BCUT2D eigenvalue weighted by molar-refractivity contribution is -0.123. The number of phenolic OH excluding ortho intramolecular Hbond substituents is 1. The van der Waals surface area contributed by atoms with Crippen molar-refractivity contribution in [1.82, 2.24) is 5.43 Å². The Morgan fingerprint density at radius 3 is 2.59 bits per heavy atom. The van der Waals surface area contributed by atoms with Gasteiger partial charge in [0, 0.05) is 11.6 Å². The number of benzene rings is 2. The highest BCUT2D eigenvalue weighted by Crippen LogP contribution is 2.27. The van der Waals surface area contributed by atoms with E-state index in [1.54, 1.807) is 19.1 Å². The number of amides is 1. The van der Waals surface area contributed by atoms with Crippen molar-refractivity contribution in [3.05, 3.63) is 53.1 Å². The molecular weight excluding hydrogens is 344 g/mol. The molecule has 0 heterocycles. The fourth-order valence-corrected chi connectivity index (χ4v) is 2.57. The number of hydrazone groups is 1. The zero-order chi connectivity index (χ0) is 20.0. The van der Waals surface area contributed by atoms with Crippen molar-refractivity contribution in [1.29, 1.82) is 0 Å². The number of rotatable bonds is 7. The molecule has 0 atom stereocenters. The van der Waals surface area contributed by atoms with Crippen LogP contribution in [0.3, 0.4) is 0 Å². The van der Waals surface area contributed by atoms with E-state index in [1.165, 1.54) is 13.2 Å². The normalized spacial score (nSPS) is 11.4. The van der Waals surface area contributed by atoms with Crippen LogP contribution in [0, 0.1) is 6.92 Å². The predicted octanol–water partition coefficient (Wildman–Crippen LogP) is 3.75. The molecule has 27 heavy (non-hydrogen) atoms. The molecule has 0 aliphatic carbocycles. The first-order valence-corrected chi connectivity index (χ1v) is 8.75. The van der Waals surface area contributed by atoms with Crippen LogP contribution in [-0.2, 0) is 4.79 Å². The van der Waals surface area contributed by atoms with Gasteiger partial charge in [0.25, 0.3) is 5.91 Å². The molecule has 2 aromatic rings. The van der Waals surface area contributed by atoms with Crippen molar-refractivity contribution in [3.8, 4) is 17.2 Å². The van der Waals surface area contributed by atoms with Gasteiger partial charge in [-0.05, 0) is 49.1 Å². The summed E-state index contributed by atoms with van der Waals surface area (Å²) in [6, 6.07) is 10.8. The average molecular weight is 370 g/mol. The largest absolute Gasteiger partial charge is 0.507 e. The number of methoxy groups -OCH3 is 1. The lowest BCUT2D eigenvalue weighted by Crippen LogP contribution is -2.26. The molecule has 0 bridgehead atoms. The number of aryl methyl sites for hydroxylation is 1. The molecule has 144 valence electrons. The molecule has 0 aromatic heterocycles. The lowest BCUT2D eigenvalue weighted by atomic mass is 10.0. The van der Waals surface area contributed by atoms with E-state index in [9.17, 15) is 9.90 Å². The van der Waals surface area contributed by atoms with E-state index in [2.05, 4.69) is 24.4 Å². The van der Waals surface area contributed by atoms with Gasteiger partial charge in [-0.2, -0.15) is 5.10 Å². The Kier molecular flexibility index (Phi) is 6.82. The van der Waals surface area contributed by atoms with E-state index in [0.29, 0.717) is 28.7 Å². The maximum atomic E-state index is 12.1. The molecule has 2 rings (SSSR count). The van der Waals surface area contributed by atoms with Gasteiger partial charge in [0.05, 0.1) is 12.8 Å². The zero-order valence-electron chi connectivity index (χ0n) is 16.4. The first-order chi connectivity index (χ1) is 12.8. The van der Waals surface area contributed by atoms with E-state index in [0.717, 1.165) is 11.1 Å². The number of nitrogens with one attached hydrogen (secondary N) is 1. The molecule has 0 aliphatic rings. The summed E-state index contributed by atoms with van der Waals surface area (Å²) in [7, 11) is 1.52. The standard InChI is InChI=1S/C21H26N2O4/c1-13(2)17-8-6-14(3)10-20(17)27-12-21(25)23-22-15(4)18-9-7-16(26-5)11-19(18)24/h6-11,13,24H,12H2,1-5H3,(H,23,25). The van der Waals surface area contributed by atoms with Crippen LogP contribution in [0.15, 0.2) is 41.5 Å². The first kappa shape index (κ1) is 20.3. The third-order valence-electron chi connectivity index (χ3n) is 4.09. The van der Waals surface area contributed by atoms with Crippen LogP contribution in [-0.4, -0.2) is 30.4 Å². The van der Waals surface area contributed by atoms with Gasteiger partial charge in [-0.15, -0.1) is 0 Å². The number of ether oxygens (including phenoxy) is 2. The van der Waals surface area contributed by atoms with E-state index in [4.69, 9.17) is 9.47 Å². The molecule has 2 aromatic carbocycles. The number of hydrogen-bond acceptors (Lipinski definition) is 5. The van der Waals surface area contributed by atoms with E-state index in [1.807, 2.05) is 25.1 Å². The smallest absolute Gasteiger partial charge is 0.277 e. The Hall–Kier alpha value is -3.02. The molecule has 0 radical (unpaired) electrons. The molecule has 2 N–H and O–H groups in total. The van der Waals surface area contributed by atoms with Crippen LogP contribution in [0.5, 0.6) is 17.2 Å². The number of carbonyl (C=O) groups is 1. The van der Waals surface area contributed by atoms with Crippen LogP contribution >= 0.6 is 0 Å². The first-order valence-electron chi connectivity index (χ1n) is 8.75. The van der Waals surface area contributed by atoms with Gasteiger partial charge in [0.15, 0.2) is 6.61 Å². The van der Waals surface area contributed by atoms with Gasteiger partial charge in [-0.25, -0.2) is 5.43 Å². The summed E-state index contributed by atoms with van der Waals surface area (Å²) in [4.78, 5) is 12.1. The number of phenols is 1. The number of aromatic hydroxyl groups is 1. The highest BCUT2D eigenvalue weighted by atomic mass is 16.5. The average Bonchev–Trinajstić information content (AvgIpc) is 2.64. The zero-order valence-corrected chi connectivity index (χ0v) is 16.4. The van der Waals surface area contributed by atoms with Gasteiger partial charge in [0.2, 0.25) is 0 Å². The number of nitrogens with zero attached hydrogens (tertiary/aromatic N) is 1. The van der Waals surface area contributed by atoms with Crippen molar-refractivity contribution >= 4 is 11.6 Å². The van der Waals surface area contributed by atoms with E-state index < -0.39 is 0 Å². The highest BCUT2D eigenvalue weighted by molar-refractivity contribution is 6.01. The third kappa shape index (κ3) is 5.48. The summed E-state index contributed by atoms with van der Waals surface area (Å²) in [5, 5.41) is 14.1. The van der Waals surface area contributed by atoms with Crippen LogP contribution < -0.4 is 14.9 Å². The van der Waals surface area contributed by atoms with Crippen LogP contribution in [0.2, 0.25) is 0 Å². The van der Waals surface area contributed by atoms with Gasteiger partial charge < -0.3 is 14.6 Å². The van der Waals surface area contributed by atoms with E-state index in [-0.39, 0.29) is 18.3 Å². The second kappa shape index (κ2) is 9.07. The minimum absolute atomic E-state index is 0.0300. The molecule has 0 spiro atoms. The third-order valence-corrected chi connectivity index (χ3v) is 4.09. The molecular formula is C21H26N2O4. The predicted molar refractivity (Wildman–Crippen MR) is 106 cm³/mol. The Labute approximate surface area is 159 Å². The Morgan fingerprint density at radius 1 is 1.22 bits per heavy atom. The van der Waals surface area contributed by atoms with Gasteiger partial charge >= 0.3 is 0 Å². The van der Waals surface area contributed by atoms with E-state index >= 15 is 0 Å². The maximum Gasteiger partial charge on any atom is 0.277 e. The monoisotopic (exact) mass is 370 g/mol. The molecule has 6 heteroatoms. The minimum Gasteiger partial charge on any atom is -0.507 e. The molecule has 1 amide bonds. The summed E-state index contributed by atoms with van der Waals surface area (Å²) >= 11 is 0. The second-order valence-electron chi connectivity index (χ2n) is 6.60. The van der Waals surface area contributed by atoms with Crippen LogP contribution in [0.4, 0.5) is 0 Å². The van der Waals surface area contributed by atoms with Crippen LogP contribution in [0.25, 0.3) is 0 Å². The Morgan fingerprint density at radius 2 is 1.96 bits per heavy atom. The summed E-state index contributed by atoms with van der Waals surface area (Å²) < 4.78 is 10.7. The van der Waals surface area contributed by atoms with Crippen molar-refractivity contribution < 1.29 is 19.4 Å². The summed E-state index contributed by atoms with van der Waals surface area (Å²) in [6.07, 6.45) is 0. The van der Waals surface area contributed by atoms with Crippen molar-refractivity contribution in [2.75, 3.05) is 13.7 Å². The van der Waals surface area contributed by atoms with Gasteiger partial charge in [-0.1, -0.05) is 26.0 Å². The SMILES string of the molecule is COc1ccc(C(C)=NNC(=O)COc2cc(C)ccc2C(C)C)c(O)c1. The van der Waals surface area contributed by atoms with Gasteiger partial charge in [-0.3, -0.25) is 4.79 Å². The van der Waals surface area contributed by atoms with Crippen molar-refractivity contribution in [3.63, 3.8) is 0 Å². The number of hydrogen-bond donors (Lipinski definition) is 2.